The number of anilines is 1. The zero-order chi connectivity index (χ0) is 14.8. The fourth-order valence-electron chi connectivity index (χ4n) is 3.46. The molecule has 1 saturated heterocycles. The van der Waals surface area contributed by atoms with E-state index in [1.165, 1.54) is 17.5 Å². The van der Waals surface area contributed by atoms with Crippen molar-refractivity contribution >= 4 is 11.6 Å². The first-order chi connectivity index (χ1) is 10.1. The molecule has 114 valence electrons. The van der Waals surface area contributed by atoms with Crippen molar-refractivity contribution in [2.24, 2.45) is 0 Å². The Balaban J connectivity index is 1.68. The Morgan fingerprint density at radius 2 is 1.90 bits per heavy atom. The summed E-state index contributed by atoms with van der Waals surface area (Å²) in [6.45, 7) is 5.70. The van der Waals surface area contributed by atoms with Gasteiger partial charge in [-0.1, -0.05) is 6.07 Å². The molecule has 2 aliphatic heterocycles. The van der Waals surface area contributed by atoms with Gasteiger partial charge in [0.15, 0.2) is 0 Å². The van der Waals surface area contributed by atoms with Gasteiger partial charge in [0.1, 0.15) is 0 Å². The van der Waals surface area contributed by atoms with Crippen molar-refractivity contribution in [2.45, 2.75) is 45.2 Å². The highest BCUT2D eigenvalue weighted by Crippen LogP contribution is 2.23. The number of hydrogen-bond acceptors (Lipinski definition) is 3. The Bertz CT molecular complexity index is 523. The summed E-state index contributed by atoms with van der Waals surface area (Å²) in [4.78, 5) is 17.0. The summed E-state index contributed by atoms with van der Waals surface area (Å²) in [6.07, 6.45) is 4.57. The molecule has 0 saturated carbocycles. The lowest BCUT2D eigenvalue weighted by Gasteiger charge is -2.37. The van der Waals surface area contributed by atoms with Gasteiger partial charge in [-0.15, -0.1) is 0 Å². The maximum absolute atomic E-state index is 12.6. The first-order valence-electron chi connectivity index (χ1n) is 8.05. The van der Waals surface area contributed by atoms with E-state index in [9.17, 15) is 4.79 Å². The topological polar surface area (TPSA) is 49.6 Å². The molecule has 0 bridgehead atoms. The highest BCUT2D eigenvalue weighted by atomic mass is 16.2. The zero-order valence-corrected chi connectivity index (χ0v) is 12.8. The number of carbonyl (C=O) groups is 1. The van der Waals surface area contributed by atoms with Crippen molar-refractivity contribution in [3.8, 4) is 0 Å². The number of fused-ring (bicyclic) bond motifs is 1. The average molecular weight is 287 g/mol. The molecule has 4 nitrogen and oxygen atoms in total. The Morgan fingerprint density at radius 1 is 1.14 bits per heavy atom. The van der Waals surface area contributed by atoms with Gasteiger partial charge in [-0.3, -0.25) is 9.69 Å². The summed E-state index contributed by atoms with van der Waals surface area (Å²) in [5.74, 6) is 0.294. The fourth-order valence-corrected chi connectivity index (χ4v) is 3.46. The highest BCUT2D eigenvalue weighted by Gasteiger charge is 2.29. The molecule has 1 amide bonds. The van der Waals surface area contributed by atoms with Gasteiger partial charge in [-0.05, 0) is 55.9 Å². The van der Waals surface area contributed by atoms with E-state index in [-0.39, 0.29) is 6.04 Å². The van der Waals surface area contributed by atoms with Gasteiger partial charge in [0.25, 0.3) is 0 Å². The van der Waals surface area contributed by atoms with Gasteiger partial charge in [-0.2, -0.15) is 0 Å². The lowest BCUT2D eigenvalue weighted by Crippen LogP contribution is -2.49. The zero-order valence-electron chi connectivity index (χ0n) is 12.8. The summed E-state index contributed by atoms with van der Waals surface area (Å²) in [6, 6.07) is 6.12. The molecule has 4 heteroatoms. The molecule has 1 aromatic carbocycles. The third-order valence-corrected chi connectivity index (χ3v) is 4.84. The van der Waals surface area contributed by atoms with Crippen LogP contribution in [0.2, 0.25) is 0 Å². The molecule has 2 N–H and O–H groups in total. The molecule has 1 aromatic rings. The molecule has 0 radical (unpaired) electrons. The van der Waals surface area contributed by atoms with Gasteiger partial charge < -0.3 is 10.6 Å². The minimum atomic E-state index is -0.0299. The molecule has 3 rings (SSSR count). The smallest absolute Gasteiger partial charge is 0.239 e. The standard InChI is InChI=1S/C17H25N3O/c1-13(17(21)19-8-3-2-4-9-19)20-10-7-14-5-6-16(18)11-15(14)12-20/h5-6,11,13H,2-4,7-10,12,18H2,1H3. The van der Waals surface area contributed by atoms with Crippen LogP contribution in [-0.2, 0) is 17.8 Å². The van der Waals surface area contributed by atoms with Crippen LogP contribution in [0.1, 0.15) is 37.3 Å². The molecule has 1 unspecified atom stereocenters. The molecule has 1 atom stereocenters. The van der Waals surface area contributed by atoms with Crippen LogP contribution in [0.25, 0.3) is 0 Å². The lowest BCUT2D eigenvalue weighted by atomic mass is 9.97. The van der Waals surface area contributed by atoms with Gasteiger partial charge in [0.05, 0.1) is 6.04 Å². The molecule has 2 heterocycles. The molecular weight excluding hydrogens is 262 g/mol. The molecule has 2 aliphatic rings. The van der Waals surface area contributed by atoms with Crippen LogP contribution in [0, 0.1) is 0 Å². The summed E-state index contributed by atoms with van der Waals surface area (Å²) >= 11 is 0. The minimum Gasteiger partial charge on any atom is -0.399 e. The number of piperidine rings is 1. The predicted molar refractivity (Wildman–Crippen MR) is 84.9 cm³/mol. The molecular formula is C17H25N3O. The molecule has 21 heavy (non-hydrogen) atoms. The Hall–Kier alpha value is -1.55. The lowest BCUT2D eigenvalue weighted by molar-refractivity contribution is -0.137. The first kappa shape index (κ1) is 14.4. The Kier molecular flexibility index (Phi) is 4.15. The first-order valence-corrected chi connectivity index (χ1v) is 8.05. The third kappa shape index (κ3) is 3.05. The number of likely N-dealkylation sites (tertiary alicyclic amines) is 1. The summed E-state index contributed by atoms with van der Waals surface area (Å²) in [5, 5.41) is 0. The highest BCUT2D eigenvalue weighted by molar-refractivity contribution is 5.81. The molecule has 0 spiro atoms. The van der Waals surface area contributed by atoms with Crippen LogP contribution in [0.5, 0.6) is 0 Å². The molecule has 0 aromatic heterocycles. The van der Waals surface area contributed by atoms with Crippen LogP contribution in [0.15, 0.2) is 18.2 Å². The average Bonchev–Trinajstić information content (AvgIpc) is 2.53. The number of benzene rings is 1. The van der Waals surface area contributed by atoms with E-state index in [0.717, 1.165) is 51.1 Å². The Morgan fingerprint density at radius 3 is 2.67 bits per heavy atom. The van der Waals surface area contributed by atoms with Crippen molar-refractivity contribution in [2.75, 3.05) is 25.4 Å². The van der Waals surface area contributed by atoms with E-state index >= 15 is 0 Å². The molecule has 1 fully saturated rings. The number of nitrogen functional groups attached to an aromatic ring is 1. The number of nitrogens with two attached hydrogens (primary N) is 1. The number of nitrogens with zero attached hydrogens (tertiary/aromatic N) is 2. The number of hydrogen-bond donors (Lipinski definition) is 1. The van der Waals surface area contributed by atoms with E-state index in [4.69, 9.17) is 5.73 Å². The second kappa shape index (κ2) is 6.06. The van der Waals surface area contributed by atoms with Crippen LogP contribution in [-0.4, -0.2) is 41.4 Å². The Labute approximate surface area is 126 Å². The second-order valence-electron chi connectivity index (χ2n) is 6.31. The SMILES string of the molecule is CC(C(=O)N1CCCCC1)N1CCc2ccc(N)cc2C1. The monoisotopic (exact) mass is 287 g/mol. The number of rotatable bonds is 2. The summed E-state index contributed by atoms with van der Waals surface area (Å²) in [7, 11) is 0. The summed E-state index contributed by atoms with van der Waals surface area (Å²) < 4.78 is 0. The van der Waals surface area contributed by atoms with Crippen molar-refractivity contribution in [1.82, 2.24) is 9.80 Å². The van der Waals surface area contributed by atoms with E-state index in [1.807, 2.05) is 17.9 Å². The minimum absolute atomic E-state index is 0.0299. The third-order valence-electron chi connectivity index (χ3n) is 4.84. The van der Waals surface area contributed by atoms with Crippen molar-refractivity contribution in [3.05, 3.63) is 29.3 Å². The van der Waals surface area contributed by atoms with Gasteiger partial charge in [0, 0.05) is 31.9 Å². The van der Waals surface area contributed by atoms with Crippen molar-refractivity contribution in [1.29, 1.82) is 0 Å². The maximum atomic E-state index is 12.6. The second-order valence-corrected chi connectivity index (χ2v) is 6.31. The van der Waals surface area contributed by atoms with E-state index in [0.29, 0.717) is 5.91 Å². The number of amides is 1. The van der Waals surface area contributed by atoms with E-state index in [1.54, 1.807) is 0 Å². The maximum Gasteiger partial charge on any atom is 0.239 e. The fraction of sp³-hybridized carbons (Fsp3) is 0.588. The normalized spacial score (nSPS) is 20.9. The van der Waals surface area contributed by atoms with Crippen molar-refractivity contribution in [3.63, 3.8) is 0 Å². The van der Waals surface area contributed by atoms with Crippen LogP contribution in [0.4, 0.5) is 5.69 Å². The van der Waals surface area contributed by atoms with E-state index in [2.05, 4.69) is 17.0 Å². The largest absolute Gasteiger partial charge is 0.399 e. The van der Waals surface area contributed by atoms with Crippen LogP contribution < -0.4 is 5.73 Å². The van der Waals surface area contributed by atoms with Gasteiger partial charge in [-0.25, -0.2) is 0 Å². The van der Waals surface area contributed by atoms with Crippen LogP contribution in [0.3, 0.4) is 0 Å². The van der Waals surface area contributed by atoms with Gasteiger partial charge >= 0.3 is 0 Å². The quantitative estimate of drug-likeness (QED) is 0.847. The van der Waals surface area contributed by atoms with Crippen molar-refractivity contribution < 1.29 is 4.79 Å². The van der Waals surface area contributed by atoms with E-state index < -0.39 is 0 Å². The predicted octanol–water partition coefficient (Wildman–Crippen LogP) is 2.03. The molecule has 0 aliphatic carbocycles. The summed E-state index contributed by atoms with van der Waals surface area (Å²) in [5.41, 5.74) is 9.35. The number of carbonyl (C=O) groups excluding carboxylic acids is 1. The van der Waals surface area contributed by atoms with Crippen LogP contribution >= 0.6 is 0 Å². The van der Waals surface area contributed by atoms with Gasteiger partial charge in [0.2, 0.25) is 5.91 Å².